The predicted molar refractivity (Wildman–Crippen MR) is 114 cm³/mol. The van der Waals surface area contributed by atoms with Crippen LogP contribution in [0.3, 0.4) is 0 Å². The van der Waals surface area contributed by atoms with Crippen molar-refractivity contribution in [3.05, 3.63) is 71.8 Å². The summed E-state index contributed by atoms with van der Waals surface area (Å²) in [6, 6.07) is 19.9. The lowest BCUT2D eigenvalue weighted by Gasteiger charge is -2.24. The number of rotatable bonds is 6. The monoisotopic (exact) mass is 388 g/mol. The molecule has 1 aliphatic heterocycles. The number of amides is 2. The van der Waals surface area contributed by atoms with Crippen molar-refractivity contribution in [2.45, 2.75) is 25.8 Å². The summed E-state index contributed by atoms with van der Waals surface area (Å²) in [5.41, 5.74) is 3.05. The summed E-state index contributed by atoms with van der Waals surface area (Å²) < 4.78 is 5.25. The van der Waals surface area contributed by atoms with Crippen LogP contribution in [0.2, 0.25) is 0 Å². The lowest BCUT2D eigenvalue weighted by atomic mass is 9.89. The summed E-state index contributed by atoms with van der Waals surface area (Å²) in [5, 5.41) is 8.11. The van der Waals surface area contributed by atoms with E-state index in [1.165, 1.54) is 0 Å². The molecule has 0 fully saturated rings. The van der Waals surface area contributed by atoms with E-state index in [1.807, 2.05) is 54.6 Å². The Hall–Kier alpha value is -3.34. The molecule has 0 aliphatic carbocycles. The number of anilines is 1. The van der Waals surface area contributed by atoms with Gasteiger partial charge in [0.05, 0.1) is 7.11 Å². The Morgan fingerprint density at radius 3 is 2.76 bits per heavy atom. The van der Waals surface area contributed by atoms with Gasteiger partial charge in [-0.3, -0.25) is 9.59 Å². The van der Waals surface area contributed by atoms with Gasteiger partial charge in [0.15, 0.2) is 0 Å². The molecule has 0 bridgehead atoms. The Morgan fingerprint density at radius 2 is 1.90 bits per heavy atom. The minimum atomic E-state index is -0.161. The number of fused-ring (bicyclic) bond motifs is 2. The van der Waals surface area contributed by atoms with Crippen LogP contribution in [0, 0.1) is 5.92 Å². The van der Waals surface area contributed by atoms with E-state index in [9.17, 15) is 9.59 Å². The third-order valence-electron chi connectivity index (χ3n) is 5.43. The summed E-state index contributed by atoms with van der Waals surface area (Å²) in [6.45, 7) is 0.473. The molecule has 0 saturated carbocycles. The van der Waals surface area contributed by atoms with Crippen LogP contribution in [0.4, 0.5) is 5.69 Å². The number of nitrogens with one attached hydrogen (secondary N) is 2. The lowest BCUT2D eigenvalue weighted by Crippen LogP contribution is -2.31. The second-order valence-corrected chi connectivity index (χ2v) is 7.41. The maximum atomic E-state index is 12.3. The summed E-state index contributed by atoms with van der Waals surface area (Å²) in [4.78, 5) is 24.6. The van der Waals surface area contributed by atoms with Gasteiger partial charge in [-0.1, -0.05) is 36.4 Å². The van der Waals surface area contributed by atoms with Crippen molar-refractivity contribution in [1.82, 2.24) is 5.32 Å². The Labute approximate surface area is 170 Å². The van der Waals surface area contributed by atoms with E-state index in [2.05, 4.69) is 16.7 Å². The third-order valence-corrected chi connectivity index (χ3v) is 5.43. The number of hydrogen-bond donors (Lipinski definition) is 2. The molecular weight excluding hydrogens is 364 g/mol. The summed E-state index contributed by atoms with van der Waals surface area (Å²) in [6.07, 6.45) is 1.57. The molecule has 2 N–H and O–H groups in total. The van der Waals surface area contributed by atoms with Crippen molar-refractivity contribution in [3.8, 4) is 5.75 Å². The molecule has 5 nitrogen and oxygen atoms in total. The van der Waals surface area contributed by atoms with E-state index < -0.39 is 0 Å². The number of benzene rings is 3. The van der Waals surface area contributed by atoms with Gasteiger partial charge >= 0.3 is 0 Å². The number of carbonyl (C=O) groups excluding carboxylic acids is 2. The van der Waals surface area contributed by atoms with Gasteiger partial charge in [-0.25, -0.2) is 0 Å². The van der Waals surface area contributed by atoms with E-state index in [1.54, 1.807) is 7.11 Å². The zero-order chi connectivity index (χ0) is 20.2. The fourth-order valence-electron chi connectivity index (χ4n) is 3.75. The van der Waals surface area contributed by atoms with Crippen LogP contribution >= 0.6 is 0 Å². The normalized spacial score (nSPS) is 15.5. The molecule has 29 heavy (non-hydrogen) atoms. The van der Waals surface area contributed by atoms with E-state index in [-0.39, 0.29) is 17.7 Å². The molecule has 3 aromatic rings. The first-order valence-corrected chi connectivity index (χ1v) is 9.84. The van der Waals surface area contributed by atoms with Gasteiger partial charge in [-0.2, -0.15) is 0 Å². The average Bonchev–Trinajstić information content (AvgIpc) is 2.75. The molecule has 148 valence electrons. The van der Waals surface area contributed by atoms with Crippen LogP contribution in [0.25, 0.3) is 10.8 Å². The number of para-hydroxylation sites is 1. The molecule has 5 heteroatoms. The fourth-order valence-corrected chi connectivity index (χ4v) is 3.75. The highest BCUT2D eigenvalue weighted by molar-refractivity contribution is 5.96. The molecular formula is C24H24N2O3. The number of methoxy groups -OCH3 is 1. The second-order valence-electron chi connectivity index (χ2n) is 7.41. The van der Waals surface area contributed by atoms with Gasteiger partial charge in [-0.15, -0.1) is 0 Å². The molecule has 0 aromatic heterocycles. The van der Waals surface area contributed by atoms with Gasteiger partial charge in [0.1, 0.15) is 5.75 Å². The van der Waals surface area contributed by atoms with Crippen molar-refractivity contribution in [1.29, 1.82) is 0 Å². The van der Waals surface area contributed by atoms with E-state index in [0.29, 0.717) is 25.8 Å². The topological polar surface area (TPSA) is 67.4 Å². The first-order chi connectivity index (χ1) is 14.1. The van der Waals surface area contributed by atoms with Crippen LogP contribution in [-0.2, 0) is 22.6 Å². The van der Waals surface area contributed by atoms with Crippen molar-refractivity contribution < 1.29 is 14.3 Å². The Balaban J connectivity index is 1.30. The molecule has 3 aromatic carbocycles. The fraction of sp³-hybridized carbons (Fsp3) is 0.250. The zero-order valence-electron chi connectivity index (χ0n) is 16.4. The Kier molecular flexibility index (Phi) is 5.47. The molecule has 4 rings (SSSR count). The van der Waals surface area contributed by atoms with Gasteiger partial charge in [-0.05, 0) is 59.0 Å². The predicted octanol–water partition coefficient (Wildman–Crippen LogP) is 4.06. The lowest BCUT2D eigenvalue weighted by molar-refractivity contribution is -0.122. The Bertz CT molecular complexity index is 1060. The van der Waals surface area contributed by atoms with E-state index >= 15 is 0 Å². The van der Waals surface area contributed by atoms with Gasteiger partial charge in [0.2, 0.25) is 11.8 Å². The largest absolute Gasteiger partial charge is 0.497 e. The molecule has 1 atom stereocenters. The molecule has 0 radical (unpaired) electrons. The number of hydrogen-bond acceptors (Lipinski definition) is 3. The highest BCUT2D eigenvalue weighted by Gasteiger charge is 2.26. The van der Waals surface area contributed by atoms with Crippen molar-refractivity contribution >= 4 is 28.3 Å². The highest BCUT2D eigenvalue weighted by atomic mass is 16.5. The molecule has 1 aliphatic rings. The molecule has 2 amide bonds. The van der Waals surface area contributed by atoms with Crippen LogP contribution in [0.5, 0.6) is 5.75 Å². The SMILES string of the molecule is COc1ccc2cc(CNC(=O)CCC3Cc4ccccc4NC3=O)ccc2c1. The van der Waals surface area contributed by atoms with Gasteiger partial charge in [0.25, 0.3) is 0 Å². The van der Waals surface area contributed by atoms with Crippen molar-refractivity contribution in [2.24, 2.45) is 5.92 Å². The summed E-state index contributed by atoms with van der Waals surface area (Å²) in [7, 11) is 1.65. The van der Waals surface area contributed by atoms with Crippen molar-refractivity contribution in [3.63, 3.8) is 0 Å². The minimum absolute atomic E-state index is 0.00135. The van der Waals surface area contributed by atoms with Crippen molar-refractivity contribution in [2.75, 3.05) is 12.4 Å². The smallest absolute Gasteiger partial charge is 0.227 e. The standard InChI is InChI=1S/C24H24N2O3/c1-29-21-10-8-17-12-16(6-7-18(17)14-21)15-25-23(27)11-9-20-13-19-4-2-3-5-22(19)26-24(20)28/h2-8,10,12,14,20H,9,11,13,15H2,1H3,(H,25,27)(H,26,28). The molecule has 1 heterocycles. The zero-order valence-corrected chi connectivity index (χ0v) is 16.4. The van der Waals surface area contributed by atoms with Crippen LogP contribution in [0.1, 0.15) is 24.0 Å². The average molecular weight is 388 g/mol. The van der Waals surface area contributed by atoms with E-state index in [0.717, 1.165) is 33.3 Å². The first kappa shape index (κ1) is 19.0. The highest BCUT2D eigenvalue weighted by Crippen LogP contribution is 2.27. The first-order valence-electron chi connectivity index (χ1n) is 9.84. The third kappa shape index (κ3) is 4.40. The maximum absolute atomic E-state index is 12.3. The summed E-state index contributed by atoms with van der Waals surface area (Å²) >= 11 is 0. The Morgan fingerprint density at radius 1 is 1.10 bits per heavy atom. The molecule has 1 unspecified atom stereocenters. The minimum Gasteiger partial charge on any atom is -0.497 e. The van der Waals surface area contributed by atoms with Gasteiger partial charge in [0, 0.05) is 24.6 Å². The van der Waals surface area contributed by atoms with Crippen LogP contribution in [0.15, 0.2) is 60.7 Å². The molecule has 0 spiro atoms. The van der Waals surface area contributed by atoms with Crippen LogP contribution < -0.4 is 15.4 Å². The van der Waals surface area contributed by atoms with Gasteiger partial charge < -0.3 is 15.4 Å². The second kappa shape index (κ2) is 8.35. The maximum Gasteiger partial charge on any atom is 0.227 e. The molecule has 0 saturated heterocycles. The summed E-state index contributed by atoms with van der Waals surface area (Å²) in [5.74, 6) is 0.632. The quantitative estimate of drug-likeness (QED) is 0.669. The van der Waals surface area contributed by atoms with E-state index in [4.69, 9.17) is 4.74 Å². The number of ether oxygens (including phenoxy) is 1. The number of carbonyl (C=O) groups is 2. The van der Waals surface area contributed by atoms with Crippen LogP contribution in [-0.4, -0.2) is 18.9 Å².